The minimum Gasteiger partial charge on any atom is -0.489 e. The molecule has 1 amide bonds. The van der Waals surface area contributed by atoms with Gasteiger partial charge in [0.05, 0.1) is 17.7 Å². The second kappa shape index (κ2) is 7.44. The third kappa shape index (κ3) is 4.68. The van der Waals surface area contributed by atoms with Crippen LogP contribution in [-0.2, 0) is 9.59 Å². The highest BCUT2D eigenvalue weighted by molar-refractivity contribution is 5.94. The van der Waals surface area contributed by atoms with Crippen molar-refractivity contribution >= 4 is 17.6 Å². The van der Waals surface area contributed by atoms with Crippen molar-refractivity contribution in [2.45, 2.75) is 45.6 Å². The highest BCUT2D eigenvalue weighted by atomic mass is 19.1. The van der Waals surface area contributed by atoms with E-state index in [4.69, 9.17) is 9.84 Å². The van der Waals surface area contributed by atoms with E-state index in [1.807, 2.05) is 13.8 Å². The van der Waals surface area contributed by atoms with Gasteiger partial charge in [-0.15, -0.1) is 0 Å². The maximum absolute atomic E-state index is 13.4. The molecule has 0 atom stereocenters. The zero-order valence-electron chi connectivity index (χ0n) is 13.3. The van der Waals surface area contributed by atoms with E-state index in [9.17, 15) is 14.0 Å². The van der Waals surface area contributed by atoms with Gasteiger partial charge in [-0.05, 0) is 51.7 Å². The van der Waals surface area contributed by atoms with E-state index in [2.05, 4.69) is 5.32 Å². The number of carboxylic acid groups (broad SMARTS) is 1. The zero-order chi connectivity index (χ0) is 17.0. The van der Waals surface area contributed by atoms with Crippen molar-refractivity contribution in [3.8, 4) is 5.75 Å². The van der Waals surface area contributed by atoms with Crippen LogP contribution in [0.2, 0.25) is 0 Å². The first-order valence-corrected chi connectivity index (χ1v) is 7.86. The molecular weight excluding hydrogens is 301 g/mol. The Labute approximate surface area is 134 Å². The van der Waals surface area contributed by atoms with E-state index < -0.39 is 11.8 Å². The van der Waals surface area contributed by atoms with E-state index in [1.54, 1.807) is 0 Å². The minimum absolute atomic E-state index is 0.0953. The lowest BCUT2D eigenvalue weighted by Gasteiger charge is -2.25. The summed E-state index contributed by atoms with van der Waals surface area (Å²) in [6.07, 6.45) is 1.94. The van der Waals surface area contributed by atoms with Crippen molar-refractivity contribution in [2.24, 2.45) is 11.8 Å². The summed E-state index contributed by atoms with van der Waals surface area (Å²) in [6, 6.07) is 4.01. The van der Waals surface area contributed by atoms with Crippen LogP contribution in [0.15, 0.2) is 18.2 Å². The third-order valence-corrected chi connectivity index (χ3v) is 4.01. The van der Waals surface area contributed by atoms with Crippen molar-refractivity contribution in [3.63, 3.8) is 0 Å². The van der Waals surface area contributed by atoms with E-state index in [0.717, 1.165) is 0 Å². The fourth-order valence-electron chi connectivity index (χ4n) is 2.79. The Kier molecular flexibility index (Phi) is 5.58. The lowest BCUT2D eigenvalue weighted by molar-refractivity contribution is -0.143. The topological polar surface area (TPSA) is 75.6 Å². The average Bonchev–Trinajstić information content (AvgIpc) is 2.49. The van der Waals surface area contributed by atoms with Gasteiger partial charge in [0.1, 0.15) is 11.6 Å². The van der Waals surface area contributed by atoms with Gasteiger partial charge in [-0.2, -0.15) is 0 Å². The van der Waals surface area contributed by atoms with Crippen molar-refractivity contribution < 1.29 is 23.8 Å². The molecule has 0 radical (unpaired) electrons. The molecule has 0 spiro atoms. The first-order valence-electron chi connectivity index (χ1n) is 7.86. The average molecular weight is 323 g/mol. The Bertz CT molecular complexity index is 580. The lowest BCUT2D eigenvalue weighted by atomic mass is 9.81. The molecule has 1 aromatic rings. The van der Waals surface area contributed by atoms with Crippen molar-refractivity contribution in [1.82, 2.24) is 0 Å². The smallest absolute Gasteiger partial charge is 0.306 e. The third-order valence-electron chi connectivity index (χ3n) is 4.01. The molecule has 126 valence electrons. The number of anilines is 1. The summed E-state index contributed by atoms with van der Waals surface area (Å²) in [6.45, 7) is 3.70. The predicted octanol–water partition coefficient (Wildman–Crippen LogP) is 3.44. The van der Waals surface area contributed by atoms with Gasteiger partial charge < -0.3 is 15.2 Å². The summed E-state index contributed by atoms with van der Waals surface area (Å²) in [5.41, 5.74) is 0.309. The molecule has 1 aliphatic carbocycles. The Morgan fingerprint density at radius 1 is 1.22 bits per heavy atom. The van der Waals surface area contributed by atoms with Crippen LogP contribution < -0.4 is 10.1 Å². The lowest BCUT2D eigenvalue weighted by Crippen LogP contribution is -2.29. The highest BCUT2D eigenvalue weighted by Crippen LogP contribution is 2.32. The summed E-state index contributed by atoms with van der Waals surface area (Å²) in [4.78, 5) is 23.3. The summed E-state index contributed by atoms with van der Waals surface area (Å²) >= 11 is 0. The van der Waals surface area contributed by atoms with E-state index >= 15 is 0 Å². The molecule has 1 saturated carbocycles. The summed E-state index contributed by atoms with van der Waals surface area (Å²) < 4.78 is 19.0. The van der Waals surface area contributed by atoms with Crippen LogP contribution in [0, 0.1) is 17.7 Å². The van der Waals surface area contributed by atoms with Gasteiger partial charge in [0, 0.05) is 12.0 Å². The molecule has 0 unspecified atom stereocenters. The van der Waals surface area contributed by atoms with Gasteiger partial charge in [0.15, 0.2) is 0 Å². The number of nitrogens with one attached hydrogen (secondary N) is 1. The van der Waals surface area contributed by atoms with Crippen molar-refractivity contribution in [3.05, 3.63) is 24.0 Å². The maximum atomic E-state index is 13.4. The van der Waals surface area contributed by atoms with E-state index in [0.29, 0.717) is 37.1 Å². The largest absolute Gasteiger partial charge is 0.489 e. The summed E-state index contributed by atoms with van der Waals surface area (Å²) in [5, 5.41) is 11.7. The molecule has 1 aromatic carbocycles. The van der Waals surface area contributed by atoms with Crippen LogP contribution in [-0.4, -0.2) is 23.1 Å². The fraction of sp³-hybridized carbons (Fsp3) is 0.529. The van der Waals surface area contributed by atoms with Crippen LogP contribution in [0.1, 0.15) is 39.5 Å². The summed E-state index contributed by atoms with van der Waals surface area (Å²) in [5.74, 6) is -1.66. The quantitative estimate of drug-likeness (QED) is 0.870. The van der Waals surface area contributed by atoms with E-state index in [-0.39, 0.29) is 23.8 Å². The first kappa shape index (κ1) is 17.2. The highest BCUT2D eigenvalue weighted by Gasteiger charge is 2.30. The molecule has 23 heavy (non-hydrogen) atoms. The van der Waals surface area contributed by atoms with Gasteiger partial charge in [0.2, 0.25) is 5.91 Å². The van der Waals surface area contributed by atoms with Crippen LogP contribution in [0.3, 0.4) is 0 Å². The number of hydrogen-bond donors (Lipinski definition) is 2. The molecule has 6 heteroatoms. The second-order valence-corrected chi connectivity index (χ2v) is 6.18. The molecule has 1 aliphatic rings. The number of hydrogen-bond acceptors (Lipinski definition) is 3. The van der Waals surface area contributed by atoms with Crippen LogP contribution in [0.25, 0.3) is 0 Å². The van der Waals surface area contributed by atoms with Crippen LogP contribution in [0.4, 0.5) is 10.1 Å². The van der Waals surface area contributed by atoms with Gasteiger partial charge in [-0.3, -0.25) is 9.59 Å². The molecule has 0 aromatic heterocycles. The summed E-state index contributed by atoms with van der Waals surface area (Å²) in [7, 11) is 0. The Morgan fingerprint density at radius 3 is 2.39 bits per heavy atom. The molecule has 5 nitrogen and oxygen atoms in total. The zero-order valence-corrected chi connectivity index (χ0v) is 13.3. The fourth-order valence-corrected chi connectivity index (χ4v) is 2.79. The number of benzene rings is 1. The SMILES string of the molecule is CC(C)Oc1ccc(F)cc1NC(=O)C1CCC(C(=O)O)CC1. The van der Waals surface area contributed by atoms with Gasteiger partial charge in [-0.25, -0.2) is 4.39 Å². The number of halogens is 1. The minimum atomic E-state index is -0.804. The molecule has 2 N–H and O–H groups in total. The maximum Gasteiger partial charge on any atom is 0.306 e. The number of carbonyl (C=O) groups is 2. The predicted molar refractivity (Wildman–Crippen MR) is 83.9 cm³/mol. The molecule has 1 fully saturated rings. The number of carbonyl (C=O) groups excluding carboxylic acids is 1. The number of carboxylic acids is 1. The van der Waals surface area contributed by atoms with Gasteiger partial charge >= 0.3 is 5.97 Å². The number of amides is 1. The van der Waals surface area contributed by atoms with Crippen LogP contribution >= 0.6 is 0 Å². The Hall–Kier alpha value is -2.11. The molecule has 0 aliphatic heterocycles. The van der Waals surface area contributed by atoms with Gasteiger partial charge in [0.25, 0.3) is 0 Å². The molecular formula is C17H22FNO4. The van der Waals surface area contributed by atoms with Gasteiger partial charge in [-0.1, -0.05) is 0 Å². The Balaban J connectivity index is 2.03. The van der Waals surface area contributed by atoms with E-state index in [1.165, 1.54) is 18.2 Å². The Morgan fingerprint density at radius 2 is 1.83 bits per heavy atom. The normalized spacial score (nSPS) is 21.0. The number of aliphatic carboxylic acids is 1. The number of ether oxygens (including phenoxy) is 1. The van der Waals surface area contributed by atoms with Crippen molar-refractivity contribution in [1.29, 1.82) is 0 Å². The molecule has 0 bridgehead atoms. The second-order valence-electron chi connectivity index (χ2n) is 6.18. The first-order chi connectivity index (χ1) is 10.9. The number of rotatable bonds is 5. The molecule has 0 saturated heterocycles. The van der Waals surface area contributed by atoms with Crippen molar-refractivity contribution in [2.75, 3.05) is 5.32 Å². The standard InChI is InChI=1S/C17H22FNO4/c1-10(2)23-15-8-7-13(18)9-14(15)19-16(20)11-3-5-12(6-4-11)17(21)22/h7-12H,3-6H2,1-2H3,(H,19,20)(H,21,22). The van der Waals surface area contributed by atoms with Crippen LogP contribution in [0.5, 0.6) is 5.75 Å². The monoisotopic (exact) mass is 323 g/mol. The molecule has 2 rings (SSSR count). The molecule has 0 heterocycles.